The summed E-state index contributed by atoms with van der Waals surface area (Å²) in [5.74, 6) is 1.06. The maximum atomic E-state index is 5.78. The van der Waals surface area contributed by atoms with E-state index in [0.717, 1.165) is 55.6 Å². The average Bonchev–Trinajstić information content (AvgIpc) is 3.96. The Morgan fingerprint density at radius 2 is 1.30 bits per heavy atom. The van der Waals surface area contributed by atoms with E-state index in [2.05, 4.69) is 84.8 Å². The molecule has 54 heavy (non-hydrogen) atoms. The second kappa shape index (κ2) is 20.1. The van der Waals surface area contributed by atoms with Gasteiger partial charge in [0.05, 0.1) is 51.8 Å². The van der Waals surface area contributed by atoms with Gasteiger partial charge in [-0.3, -0.25) is 4.68 Å². The Kier molecular flexibility index (Phi) is 15.1. The molecule has 4 aromatic heterocycles. The molecular formula is C45H49ClN8. The molecule has 0 spiro atoms. The molecule has 8 nitrogen and oxygen atoms in total. The quantitative estimate of drug-likeness (QED) is 0.133. The molecule has 0 aliphatic rings. The minimum atomic E-state index is 0.733. The van der Waals surface area contributed by atoms with Crippen molar-refractivity contribution in [2.24, 2.45) is 28.2 Å². The van der Waals surface area contributed by atoms with Crippen LogP contribution in [0.3, 0.4) is 0 Å². The summed E-state index contributed by atoms with van der Waals surface area (Å²) in [6, 6.07) is 36.5. The first kappa shape index (κ1) is 40.5. The highest BCUT2D eigenvalue weighted by Gasteiger charge is 2.12. The standard InChI is InChI=1S/C16H14N2.C9H10N2.C9H12N2.C8H7ClN2.C3H6/c1-18-12-17-15(13-8-4-2-5-9-13)16(18)14-10-6-3-7-11-14;1-7-10-8-5-3-4-6-9(8)11(7)2;1-4-8(5-2)9-6-7-11(3)10-9;1-11-5-10-7-4-6(9)2-3-8(7)11;1-3-2/h2-12H,1H3;3-6H,1-2H3;4-7H,1H2,2-3H3;2-5H,1H3;3H,1H2,2H3/b;;8-5+;;. The third-order valence-corrected chi connectivity index (χ3v) is 8.51. The number of aryl methyl sites for hydroxylation is 5. The molecule has 0 N–H and O–H groups in total. The van der Waals surface area contributed by atoms with Crippen LogP contribution >= 0.6 is 11.6 Å². The zero-order valence-electron chi connectivity index (χ0n) is 32.2. The maximum Gasteiger partial charge on any atom is 0.106 e. The van der Waals surface area contributed by atoms with E-state index in [1.807, 2.05) is 145 Å². The molecular weight excluding hydrogens is 688 g/mol. The molecule has 0 aliphatic carbocycles. The van der Waals surface area contributed by atoms with E-state index >= 15 is 0 Å². The third-order valence-electron chi connectivity index (χ3n) is 8.27. The fourth-order valence-electron chi connectivity index (χ4n) is 5.49. The monoisotopic (exact) mass is 736 g/mol. The number of benzene rings is 4. The number of nitrogens with zero attached hydrogens (tertiary/aromatic N) is 8. The van der Waals surface area contributed by atoms with Gasteiger partial charge in [0.15, 0.2) is 0 Å². The van der Waals surface area contributed by atoms with Crippen molar-refractivity contribution >= 4 is 39.2 Å². The third kappa shape index (κ3) is 10.6. The molecule has 4 aromatic carbocycles. The van der Waals surface area contributed by atoms with E-state index in [4.69, 9.17) is 11.6 Å². The summed E-state index contributed by atoms with van der Waals surface area (Å²) in [5, 5.41) is 4.96. The van der Waals surface area contributed by atoms with Crippen molar-refractivity contribution in [2.75, 3.05) is 0 Å². The second-order valence-corrected chi connectivity index (χ2v) is 12.6. The summed E-state index contributed by atoms with van der Waals surface area (Å²) < 4.78 is 7.90. The largest absolute Gasteiger partial charge is 0.334 e. The van der Waals surface area contributed by atoms with E-state index in [1.54, 1.807) is 17.1 Å². The average molecular weight is 737 g/mol. The van der Waals surface area contributed by atoms with E-state index in [0.29, 0.717) is 0 Å². The molecule has 0 saturated heterocycles. The Bertz CT molecular complexity index is 2410. The smallest absolute Gasteiger partial charge is 0.106 e. The van der Waals surface area contributed by atoms with Gasteiger partial charge in [-0.25, -0.2) is 15.0 Å². The van der Waals surface area contributed by atoms with Gasteiger partial charge in [-0.15, -0.1) is 6.58 Å². The summed E-state index contributed by atoms with van der Waals surface area (Å²) in [7, 11) is 7.93. The lowest BCUT2D eigenvalue weighted by molar-refractivity contribution is 0.763. The van der Waals surface area contributed by atoms with Gasteiger partial charge in [0.25, 0.3) is 0 Å². The fraction of sp³-hybridized carbons (Fsp3) is 0.156. The Balaban J connectivity index is 0.000000161. The van der Waals surface area contributed by atoms with Crippen LogP contribution in [0.25, 0.3) is 50.2 Å². The van der Waals surface area contributed by atoms with Crippen LogP contribution in [0.1, 0.15) is 25.4 Å². The van der Waals surface area contributed by atoms with Crippen LogP contribution in [-0.2, 0) is 28.2 Å². The van der Waals surface area contributed by atoms with E-state index in [1.165, 1.54) is 11.1 Å². The summed E-state index contributed by atoms with van der Waals surface area (Å²) in [6.45, 7) is 12.9. The zero-order chi connectivity index (χ0) is 39.0. The van der Waals surface area contributed by atoms with Crippen molar-refractivity contribution in [1.82, 2.24) is 38.4 Å². The number of hydrogen-bond donors (Lipinski definition) is 0. The predicted octanol–water partition coefficient (Wildman–Crippen LogP) is 11.1. The molecule has 0 atom stereocenters. The molecule has 8 aromatic rings. The molecule has 8 rings (SSSR count). The minimum Gasteiger partial charge on any atom is -0.334 e. The minimum absolute atomic E-state index is 0.733. The van der Waals surface area contributed by atoms with Gasteiger partial charge < -0.3 is 13.7 Å². The molecule has 0 unspecified atom stereocenters. The van der Waals surface area contributed by atoms with Gasteiger partial charge in [0.1, 0.15) is 5.82 Å². The van der Waals surface area contributed by atoms with Gasteiger partial charge in [-0.2, -0.15) is 5.10 Å². The first-order valence-corrected chi connectivity index (χ1v) is 17.9. The van der Waals surface area contributed by atoms with Gasteiger partial charge in [-0.1, -0.05) is 109 Å². The van der Waals surface area contributed by atoms with Crippen molar-refractivity contribution in [3.05, 3.63) is 176 Å². The lowest BCUT2D eigenvalue weighted by Gasteiger charge is -2.06. The van der Waals surface area contributed by atoms with E-state index < -0.39 is 0 Å². The number of rotatable bonds is 4. The number of hydrogen-bond acceptors (Lipinski definition) is 4. The van der Waals surface area contributed by atoms with Gasteiger partial charge in [0, 0.05) is 50.5 Å². The lowest BCUT2D eigenvalue weighted by Crippen LogP contribution is -1.91. The molecule has 4 heterocycles. The molecule has 0 amide bonds. The Hall–Kier alpha value is -6.25. The van der Waals surface area contributed by atoms with E-state index in [9.17, 15) is 0 Å². The first-order valence-electron chi connectivity index (χ1n) is 17.5. The van der Waals surface area contributed by atoms with Crippen LogP contribution < -0.4 is 0 Å². The summed E-state index contributed by atoms with van der Waals surface area (Å²) >= 11 is 5.78. The normalized spacial score (nSPS) is 10.5. The second-order valence-electron chi connectivity index (χ2n) is 12.2. The number of fused-ring (bicyclic) bond motifs is 2. The summed E-state index contributed by atoms with van der Waals surface area (Å²) in [6.07, 6.45) is 11.1. The molecule has 0 radical (unpaired) electrons. The highest BCUT2D eigenvalue weighted by atomic mass is 35.5. The topological polar surface area (TPSA) is 71.3 Å². The molecule has 0 saturated carbocycles. The van der Waals surface area contributed by atoms with Crippen LogP contribution in [0.2, 0.25) is 5.02 Å². The van der Waals surface area contributed by atoms with Gasteiger partial charge in [-0.05, 0) is 62.7 Å². The number of imidazole rings is 3. The fourth-order valence-corrected chi connectivity index (χ4v) is 5.65. The van der Waals surface area contributed by atoms with Crippen molar-refractivity contribution in [2.45, 2.75) is 20.8 Å². The van der Waals surface area contributed by atoms with Crippen LogP contribution in [-0.4, -0.2) is 38.4 Å². The number of aromatic nitrogens is 8. The Morgan fingerprint density at radius 1 is 0.685 bits per heavy atom. The Morgan fingerprint density at radius 3 is 1.89 bits per heavy atom. The molecule has 9 heteroatoms. The lowest BCUT2D eigenvalue weighted by atomic mass is 10.1. The molecule has 276 valence electrons. The number of para-hydroxylation sites is 2. The highest BCUT2D eigenvalue weighted by molar-refractivity contribution is 6.31. The molecule has 0 aliphatic heterocycles. The zero-order valence-corrected chi connectivity index (χ0v) is 33.0. The number of halogens is 1. The maximum absolute atomic E-state index is 5.78. The van der Waals surface area contributed by atoms with Crippen LogP contribution in [0.4, 0.5) is 0 Å². The van der Waals surface area contributed by atoms with Crippen molar-refractivity contribution < 1.29 is 0 Å². The summed E-state index contributed by atoms with van der Waals surface area (Å²) in [5.41, 5.74) is 10.9. The Labute approximate surface area is 324 Å². The first-order chi connectivity index (χ1) is 26.1. The van der Waals surface area contributed by atoms with Crippen molar-refractivity contribution in [3.63, 3.8) is 0 Å². The van der Waals surface area contributed by atoms with Gasteiger partial charge in [0.2, 0.25) is 0 Å². The molecule has 0 fully saturated rings. The van der Waals surface area contributed by atoms with E-state index in [-0.39, 0.29) is 0 Å². The van der Waals surface area contributed by atoms with Crippen LogP contribution in [0.15, 0.2) is 159 Å². The highest BCUT2D eigenvalue weighted by Crippen LogP contribution is 2.30. The predicted molar refractivity (Wildman–Crippen MR) is 228 cm³/mol. The van der Waals surface area contributed by atoms with Gasteiger partial charge >= 0.3 is 0 Å². The van der Waals surface area contributed by atoms with Crippen LogP contribution in [0, 0.1) is 6.92 Å². The van der Waals surface area contributed by atoms with Crippen LogP contribution in [0.5, 0.6) is 0 Å². The summed E-state index contributed by atoms with van der Waals surface area (Å²) in [4.78, 5) is 13.1. The number of allylic oxidation sites excluding steroid dienone is 4. The SMILES string of the molecule is C=C/C(=C\C)c1ccn(C)n1.C=CC.Cc1nc2ccccc2n1C.Cn1cnc(-c2ccccc2)c1-c1ccccc1.Cn1cnc2cc(Cl)ccc21. The molecule has 0 bridgehead atoms. The van der Waals surface area contributed by atoms with Crippen molar-refractivity contribution in [1.29, 1.82) is 0 Å². The van der Waals surface area contributed by atoms with Crippen molar-refractivity contribution in [3.8, 4) is 22.5 Å².